The van der Waals surface area contributed by atoms with Gasteiger partial charge >= 0.3 is 0 Å². The normalized spacial score (nSPS) is 10.3. The Morgan fingerprint density at radius 2 is 1.56 bits per heavy atom. The van der Waals surface area contributed by atoms with E-state index in [0.717, 1.165) is 5.56 Å². The predicted octanol–water partition coefficient (Wildman–Crippen LogP) is 3.45. The fraction of sp³-hybridized carbons (Fsp3) is 0.0952. The van der Waals surface area contributed by atoms with Crippen LogP contribution in [0.1, 0.15) is 26.3 Å². The van der Waals surface area contributed by atoms with E-state index in [1.807, 2.05) is 18.2 Å². The second-order valence-corrected chi connectivity index (χ2v) is 5.91. The van der Waals surface area contributed by atoms with Crippen LogP contribution in [-0.2, 0) is 6.42 Å². The van der Waals surface area contributed by atoms with Crippen molar-refractivity contribution in [2.75, 3.05) is 11.9 Å². The number of nitrogens with zero attached hydrogens (tertiary/aromatic N) is 1. The molecule has 27 heavy (non-hydrogen) atoms. The minimum absolute atomic E-state index is 0.292. The Bertz CT molecular complexity index is 928. The Morgan fingerprint density at radius 1 is 0.889 bits per heavy atom. The maximum absolute atomic E-state index is 12.9. The van der Waals surface area contributed by atoms with Crippen molar-refractivity contribution < 1.29 is 14.0 Å². The summed E-state index contributed by atoms with van der Waals surface area (Å²) in [6.45, 7) is 0.394. The topological polar surface area (TPSA) is 71.1 Å². The van der Waals surface area contributed by atoms with E-state index in [1.54, 1.807) is 24.3 Å². The van der Waals surface area contributed by atoms with Crippen LogP contribution >= 0.6 is 0 Å². The van der Waals surface area contributed by atoms with Gasteiger partial charge in [0.15, 0.2) is 0 Å². The minimum Gasteiger partial charge on any atom is -0.352 e. The number of carbonyl (C=O) groups excluding carboxylic acids is 2. The van der Waals surface area contributed by atoms with Crippen LogP contribution in [0, 0.1) is 5.82 Å². The molecular weight excluding hydrogens is 345 g/mol. The van der Waals surface area contributed by atoms with Crippen LogP contribution in [0.5, 0.6) is 0 Å². The molecule has 2 aromatic carbocycles. The summed E-state index contributed by atoms with van der Waals surface area (Å²) in [5, 5.41) is 5.53. The van der Waals surface area contributed by atoms with E-state index in [0.29, 0.717) is 29.8 Å². The standard InChI is InChI=1S/C21H18FN3O2/c22-18-8-6-15(7-9-18)10-11-24-20(26)16-12-17(14-23-13-16)21(27)25-19-4-2-1-3-5-19/h1-9,12-14H,10-11H2,(H,24,26)(H,25,27). The van der Waals surface area contributed by atoms with Gasteiger partial charge in [-0.1, -0.05) is 30.3 Å². The molecule has 0 bridgehead atoms. The number of nitrogens with one attached hydrogen (secondary N) is 2. The van der Waals surface area contributed by atoms with Gasteiger partial charge in [-0.25, -0.2) is 4.39 Å². The van der Waals surface area contributed by atoms with Gasteiger partial charge in [-0.3, -0.25) is 14.6 Å². The summed E-state index contributed by atoms with van der Waals surface area (Å²) in [5.74, 6) is -0.951. The minimum atomic E-state index is -0.338. The molecule has 6 heteroatoms. The maximum atomic E-state index is 12.9. The molecule has 0 aliphatic rings. The molecule has 3 aromatic rings. The number of rotatable bonds is 6. The summed E-state index contributed by atoms with van der Waals surface area (Å²) in [7, 11) is 0. The van der Waals surface area contributed by atoms with Gasteiger partial charge in [0.1, 0.15) is 5.82 Å². The van der Waals surface area contributed by atoms with Crippen LogP contribution in [0.15, 0.2) is 73.1 Å². The highest BCUT2D eigenvalue weighted by molar-refractivity contribution is 6.05. The molecule has 0 unspecified atom stereocenters. The summed E-state index contributed by atoms with van der Waals surface area (Å²) in [5.41, 5.74) is 2.18. The quantitative estimate of drug-likeness (QED) is 0.705. The number of hydrogen-bond acceptors (Lipinski definition) is 3. The first-order valence-corrected chi connectivity index (χ1v) is 8.46. The highest BCUT2D eigenvalue weighted by Gasteiger charge is 2.11. The number of halogens is 1. The summed E-state index contributed by atoms with van der Waals surface area (Å²) in [4.78, 5) is 28.6. The maximum Gasteiger partial charge on any atom is 0.257 e. The van der Waals surface area contributed by atoms with E-state index in [2.05, 4.69) is 15.6 Å². The zero-order chi connectivity index (χ0) is 19.1. The van der Waals surface area contributed by atoms with Crippen molar-refractivity contribution in [1.82, 2.24) is 10.3 Å². The van der Waals surface area contributed by atoms with Crippen LogP contribution in [0.4, 0.5) is 10.1 Å². The van der Waals surface area contributed by atoms with Gasteiger partial charge in [-0.05, 0) is 42.3 Å². The first-order chi connectivity index (χ1) is 13.1. The molecule has 2 N–H and O–H groups in total. The number of anilines is 1. The van der Waals surface area contributed by atoms with Crippen molar-refractivity contribution >= 4 is 17.5 Å². The molecule has 1 aromatic heterocycles. The van der Waals surface area contributed by atoms with E-state index >= 15 is 0 Å². The summed E-state index contributed by atoms with van der Waals surface area (Å²) >= 11 is 0. The first kappa shape index (κ1) is 18.3. The third-order valence-corrected chi connectivity index (χ3v) is 3.91. The first-order valence-electron chi connectivity index (χ1n) is 8.46. The molecule has 0 fully saturated rings. The van der Waals surface area contributed by atoms with Crippen molar-refractivity contribution in [1.29, 1.82) is 0 Å². The monoisotopic (exact) mass is 363 g/mol. The highest BCUT2D eigenvalue weighted by Crippen LogP contribution is 2.10. The van der Waals surface area contributed by atoms with Gasteiger partial charge in [0, 0.05) is 24.6 Å². The number of benzene rings is 2. The third kappa shape index (κ3) is 5.22. The van der Waals surface area contributed by atoms with Crippen molar-refractivity contribution in [3.63, 3.8) is 0 Å². The summed E-state index contributed by atoms with van der Waals surface area (Å²) in [6.07, 6.45) is 3.40. The molecule has 5 nitrogen and oxygen atoms in total. The Kier molecular flexibility index (Phi) is 5.89. The van der Waals surface area contributed by atoms with Gasteiger partial charge in [0.25, 0.3) is 11.8 Å². The van der Waals surface area contributed by atoms with Crippen LogP contribution in [-0.4, -0.2) is 23.3 Å². The number of amides is 2. The van der Waals surface area contributed by atoms with Gasteiger partial charge in [-0.2, -0.15) is 0 Å². The Balaban J connectivity index is 1.58. The van der Waals surface area contributed by atoms with E-state index < -0.39 is 0 Å². The largest absolute Gasteiger partial charge is 0.352 e. The third-order valence-electron chi connectivity index (χ3n) is 3.91. The second-order valence-electron chi connectivity index (χ2n) is 5.91. The average molecular weight is 363 g/mol. The number of pyridine rings is 1. The Labute approximate surface area is 156 Å². The molecule has 136 valence electrons. The second kappa shape index (κ2) is 8.71. The molecule has 0 atom stereocenters. The van der Waals surface area contributed by atoms with Crippen molar-refractivity contribution in [3.8, 4) is 0 Å². The number of hydrogen-bond donors (Lipinski definition) is 2. The smallest absolute Gasteiger partial charge is 0.257 e. The lowest BCUT2D eigenvalue weighted by atomic mass is 10.1. The predicted molar refractivity (Wildman–Crippen MR) is 101 cm³/mol. The molecule has 0 spiro atoms. The highest BCUT2D eigenvalue weighted by atomic mass is 19.1. The van der Waals surface area contributed by atoms with E-state index in [-0.39, 0.29) is 17.6 Å². The van der Waals surface area contributed by atoms with Crippen molar-refractivity contribution in [2.45, 2.75) is 6.42 Å². The van der Waals surface area contributed by atoms with Crippen molar-refractivity contribution in [3.05, 3.63) is 95.6 Å². The van der Waals surface area contributed by atoms with Crippen LogP contribution in [0.2, 0.25) is 0 Å². The zero-order valence-corrected chi connectivity index (χ0v) is 14.5. The van der Waals surface area contributed by atoms with Crippen LogP contribution < -0.4 is 10.6 Å². The SMILES string of the molecule is O=C(NCCc1ccc(F)cc1)c1cncc(C(=O)Nc2ccccc2)c1. The van der Waals surface area contributed by atoms with Crippen LogP contribution in [0.25, 0.3) is 0 Å². The molecular formula is C21H18FN3O2. The van der Waals surface area contributed by atoms with Crippen molar-refractivity contribution in [2.24, 2.45) is 0 Å². The van der Waals surface area contributed by atoms with Gasteiger partial charge in [0.2, 0.25) is 0 Å². The van der Waals surface area contributed by atoms with E-state index in [1.165, 1.54) is 30.6 Å². The Hall–Kier alpha value is -3.54. The molecule has 0 radical (unpaired) electrons. The molecule has 3 rings (SSSR count). The number of aromatic nitrogens is 1. The fourth-order valence-corrected chi connectivity index (χ4v) is 2.49. The number of para-hydroxylation sites is 1. The summed E-state index contributed by atoms with van der Waals surface area (Å²) in [6, 6.07) is 16.7. The molecule has 2 amide bonds. The van der Waals surface area contributed by atoms with E-state index in [4.69, 9.17) is 0 Å². The summed E-state index contributed by atoms with van der Waals surface area (Å²) < 4.78 is 12.9. The van der Waals surface area contributed by atoms with E-state index in [9.17, 15) is 14.0 Å². The molecule has 0 saturated heterocycles. The lowest BCUT2D eigenvalue weighted by molar-refractivity contribution is 0.0953. The molecule has 0 aliphatic carbocycles. The molecule has 0 saturated carbocycles. The zero-order valence-electron chi connectivity index (χ0n) is 14.5. The van der Waals surface area contributed by atoms with Crippen LogP contribution in [0.3, 0.4) is 0 Å². The number of carbonyl (C=O) groups is 2. The fourth-order valence-electron chi connectivity index (χ4n) is 2.49. The lowest BCUT2D eigenvalue weighted by Gasteiger charge is -2.08. The molecule has 0 aliphatic heterocycles. The lowest BCUT2D eigenvalue weighted by Crippen LogP contribution is -2.26. The van der Waals surface area contributed by atoms with Gasteiger partial charge in [-0.15, -0.1) is 0 Å². The van der Waals surface area contributed by atoms with Gasteiger partial charge in [0.05, 0.1) is 11.1 Å². The Morgan fingerprint density at radius 3 is 2.26 bits per heavy atom. The average Bonchev–Trinajstić information content (AvgIpc) is 2.70. The molecule has 1 heterocycles. The van der Waals surface area contributed by atoms with Gasteiger partial charge < -0.3 is 10.6 Å².